The molecule has 1 aliphatic heterocycles. The normalized spacial score (nSPS) is 16.9. The van der Waals surface area contributed by atoms with Crippen molar-refractivity contribution in [3.05, 3.63) is 40.1 Å². The van der Waals surface area contributed by atoms with E-state index >= 15 is 0 Å². The lowest BCUT2D eigenvalue weighted by molar-refractivity contribution is 0.00578. The second-order valence-corrected chi connectivity index (χ2v) is 19.8. The molecule has 0 atom stereocenters. The van der Waals surface area contributed by atoms with Crippen molar-refractivity contribution in [2.24, 2.45) is 0 Å². The molecule has 1 fully saturated rings. The predicted molar refractivity (Wildman–Crippen MR) is 171 cm³/mol. The fourth-order valence-corrected chi connectivity index (χ4v) is 12.4. The van der Waals surface area contributed by atoms with Gasteiger partial charge in [-0.3, -0.25) is 0 Å². The molecule has 0 bridgehead atoms. The van der Waals surface area contributed by atoms with Gasteiger partial charge in [-0.25, -0.2) is 0 Å². The van der Waals surface area contributed by atoms with Crippen LogP contribution in [-0.4, -0.2) is 26.4 Å². The Hall–Kier alpha value is -1.32. The quantitative estimate of drug-likeness (QED) is 0.167. The van der Waals surface area contributed by atoms with Crippen LogP contribution in [0.5, 0.6) is 0 Å². The van der Waals surface area contributed by atoms with E-state index in [0.717, 1.165) is 11.9 Å². The van der Waals surface area contributed by atoms with E-state index in [9.17, 15) is 0 Å². The number of thiophene rings is 1. The number of aryl methyl sites for hydroxylation is 1. The third-order valence-electron chi connectivity index (χ3n) is 9.07. The minimum Gasteiger partial charge on any atom is -0.399 e. The van der Waals surface area contributed by atoms with Gasteiger partial charge in [-0.2, -0.15) is 0 Å². The zero-order valence-electron chi connectivity index (χ0n) is 26.0. The fraction of sp³-hybridized carbons (Fsp3) is 0.636. The second-order valence-electron chi connectivity index (χ2n) is 13.1. The molecule has 5 heteroatoms. The molecule has 1 saturated heterocycles. The van der Waals surface area contributed by atoms with Crippen LogP contribution in [0.15, 0.2) is 30.3 Å². The maximum absolute atomic E-state index is 6.29. The zero-order valence-corrected chi connectivity index (χ0v) is 27.8. The summed E-state index contributed by atoms with van der Waals surface area (Å²) in [6.45, 7) is 25.1. The lowest BCUT2D eigenvalue weighted by Gasteiger charge is -2.38. The van der Waals surface area contributed by atoms with Crippen LogP contribution in [0.1, 0.15) is 112 Å². The van der Waals surface area contributed by atoms with Crippen molar-refractivity contribution < 1.29 is 9.31 Å². The summed E-state index contributed by atoms with van der Waals surface area (Å²) in [6.07, 6.45) is 6.29. The minimum atomic E-state index is -1.80. The highest BCUT2D eigenvalue weighted by molar-refractivity contribution is 7.13. The van der Waals surface area contributed by atoms with E-state index in [0.29, 0.717) is 16.6 Å². The van der Waals surface area contributed by atoms with Gasteiger partial charge in [-0.05, 0) is 74.3 Å². The van der Waals surface area contributed by atoms with Crippen molar-refractivity contribution in [1.29, 1.82) is 0 Å². The van der Waals surface area contributed by atoms with Crippen LogP contribution in [0.2, 0.25) is 16.6 Å². The highest BCUT2D eigenvalue weighted by Gasteiger charge is 2.51. The maximum Gasteiger partial charge on any atom is 0.494 e. The summed E-state index contributed by atoms with van der Waals surface area (Å²) < 4.78 is 12.6. The molecule has 2 aromatic rings. The molecule has 0 unspecified atom stereocenters. The average molecular weight is 551 g/mol. The van der Waals surface area contributed by atoms with Gasteiger partial charge in [0.15, 0.2) is 0 Å². The van der Waals surface area contributed by atoms with Gasteiger partial charge in [0.2, 0.25) is 0 Å². The lowest BCUT2D eigenvalue weighted by Crippen LogP contribution is -2.43. The van der Waals surface area contributed by atoms with Gasteiger partial charge in [0.1, 0.15) is 8.07 Å². The number of unbranched alkanes of at least 4 members (excludes halogenated alkanes) is 3. The third-order valence-corrected chi connectivity index (χ3v) is 16.5. The van der Waals surface area contributed by atoms with Gasteiger partial charge in [0.05, 0.1) is 16.1 Å². The van der Waals surface area contributed by atoms with Crippen molar-refractivity contribution >= 4 is 32.0 Å². The first kappa shape index (κ1) is 31.2. The molecule has 0 radical (unpaired) electrons. The summed E-state index contributed by atoms with van der Waals surface area (Å²) in [6, 6.07) is 11.2. The Morgan fingerprint density at radius 1 is 0.842 bits per heavy atom. The van der Waals surface area contributed by atoms with Crippen LogP contribution < -0.4 is 5.46 Å². The average Bonchev–Trinajstić information content (AvgIpc) is 3.33. The van der Waals surface area contributed by atoms with Gasteiger partial charge in [0, 0.05) is 10.4 Å². The maximum atomic E-state index is 6.29. The van der Waals surface area contributed by atoms with E-state index in [1.54, 1.807) is 0 Å². The monoisotopic (exact) mass is 550 g/mol. The third kappa shape index (κ3) is 6.52. The minimum absolute atomic E-state index is 0.334. The standard InChI is InChI=1S/C33H51BO2SSi/c1-12-13-14-15-16-29-23-30(31(37-29)21-22-38(24(2)3,25(4)5)26(6)7)27-17-19-28(20-18-27)34-35-32(8,9)33(10,11)36-34/h17-20,23-26H,12-16H2,1-11H3. The Bertz CT molecular complexity index is 1080. The molecule has 3 rings (SSSR count). The molecule has 1 aromatic heterocycles. The molecule has 0 N–H and O–H groups in total. The highest BCUT2D eigenvalue weighted by atomic mass is 32.1. The molecule has 2 heterocycles. The van der Waals surface area contributed by atoms with E-state index in [2.05, 4.69) is 118 Å². The van der Waals surface area contributed by atoms with Gasteiger partial charge in [0.25, 0.3) is 0 Å². The zero-order chi connectivity index (χ0) is 28.3. The first-order chi connectivity index (χ1) is 17.7. The molecular formula is C33H51BO2SSi. The summed E-state index contributed by atoms with van der Waals surface area (Å²) in [4.78, 5) is 2.69. The molecule has 38 heavy (non-hydrogen) atoms. The molecule has 208 valence electrons. The van der Waals surface area contributed by atoms with E-state index in [1.165, 1.54) is 46.6 Å². The van der Waals surface area contributed by atoms with Crippen molar-refractivity contribution in [1.82, 2.24) is 0 Å². The van der Waals surface area contributed by atoms with Gasteiger partial charge in [-0.15, -0.1) is 16.9 Å². The van der Waals surface area contributed by atoms with E-state index in [-0.39, 0.29) is 18.3 Å². The van der Waals surface area contributed by atoms with Crippen molar-refractivity contribution in [2.75, 3.05) is 0 Å². The fourth-order valence-electron chi connectivity index (χ4n) is 6.00. The molecular weight excluding hydrogens is 499 g/mol. The molecule has 1 aliphatic rings. The number of hydrogen-bond donors (Lipinski definition) is 0. The SMILES string of the molecule is CCCCCCc1cc(-c2ccc(B3OC(C)(C)C(C)(C)O3)cc2)c(C#C[Si](C(C)C)(C(C)C)C(C)C)s1. The molecule has 0 amide bonds. The lowest BCUT2D eigenvalue weighted by atomic mass is 9.78. The summed E-state index contributed by atoms with van der Waals surface area (Å²) in [5.74, 6) is 3.79. The molecule has 0 spiro atoms. The van der Waals surface area contributed by atoms with Gasteiger partial charge in [-0.1, -0.05) is 97.9 Å². The van der Waals surface area contributed by atoms with Crippen molar-refractivity contribution in [3.63, 3.8) is 0 Å². The topological polar surface area (TPSA) is 18.5 Å². The predicted octanol–water partition coefficient (Wildman–Crippen LogP) is 9.41. The first-order valence-corrected chi connectivity index (χ1v) is 17.9. The largest absolute Gasteiger partial charge is 0.494 e. The van der Waals surface area contributed by atoms with Crippen LogP contribution in [0.3, 0.4) is 0 Å². The van der Waals surface area contributed by atoms with E-state index in [4.69, 9.17) is 9.31 Å². The van der Waals surface area contributed by atoms with Crippen molar-refractivity contribution in [2.45, 2.75) is 136 Å². The van der Waals surface area contributed by atoms with Crippen LogP contribution in [0, 0.1) is 11.5 Å². The smallest absolute Gasteiger partial charge is 0.399 e. The van der Waals surface area contributed by atoms with Crippen LogP contribution in [0.25, 0.3) is 11.1 Å². The Labute approximate surface area is 239 Å². The van der Waals surface area contributed by atoms with E-state index < -0.39 is 8.07 Å². The number of benzene rings is 1. The van der Waals surface area contributed by atoms with Gasteiger partial charge < -0.3 is 9.31 Å². The van der Waals surface area contributed by atoms with Gasteiger partial charge >= 0.3 is 7.12 Å². The number of hydrogen-bond acceptors (Lipinski definition) is 3. The van der Waals surface area contributed by atoms with Crippen LogP contribution >= 0.6 is 11.3 Å². The Kier molecular flexibility index (Phi) is 10.2. The van der Waals surface area contributed by atoms with Crippen molar-refractivity contribution in [3.8, 4) is 22.6 Å². The number of rotatable bonds is 10. The molecule has 0 saturated carbocycles. The summed E-state index contributed by atoms with van der Waals surface area (Å²) in [5.41, 5.74) is 8.79. The Morgan fingerprint density at radius 2 is 1.39 bits per heavy atom. The van der Waals surface area contributed by atoms with Crippen LogP contribution in [0.4, 0.5) is 0 Å². The molecule has 2 nitrogen and oxygen atoms in total. The first-order valence-electron chi connectivity index (χ1n) is 14.9. The second kappa shape index (κ2) is 12.5. The van der Waals surface area contributed by atoms with Crippen LogP contribution in [-0.2, 0) is 15.7 Å². The summed E-state index contributed by atoms with van der Waals surface area (Å²) >= 11 is 1.92. The van der Waals surface area contributed by atoms with E-state index in [1.807, 2.05) is 11.3 Å². The molecule has 1 aromatic carbocycles. The summed E-state index contributed by atoms with van der Waals surface area (Å²) in [5, 5.41) is 0. The molecule has 0 aliphatic carbocycles. The Morgan fingerprint density at radius 3 is 1.89 bits per heavy atom. The highest BCUT2D eigenvalue weighted by Crippen LogP contribution is 2.41. The Balaban J connectivity index is 1.98. The summed E-state index contributed by atoms with van der Waals surface area (Å²) in [7, 11) is -2.14.